The van der Waals surface area contributed by atoms with Crippen molar-refractivity contribution >= 4 is 34.6 Å². The molecule has 1 heterocycles. The molecule has 1 aromatic carbocycles. The highest BCUT2D eigenvalue weighted by Crippen LogP contribution is 2.21. The fraction of sp³-hybridized carbons (Fsp3) is 0.267. The molecule has 10 heteroatoms. The third kappa shape index (κ3) is 4.73. The predicted octanol–water partition coefficient (Wildman–Crippen LogP) is 1.62. The Hall–Kier alpha value is -3.01. The lowest BCUT2D eigenvalue weighted by Crippen LogP contribution is -2.26. The van der Waals surface area contributed by atoms with Crippen molar-refractivity contribution in [1.29, 1.82) is 0 Å². The van der Waals surface area contributed by atoms with Crippen LogP contribution in [0.2, 0.25) is 0 Å². The molecule has 0 saturated carbocycles. The Balaban J connectivity index is 1.89. The molecule has 25 heavy (non-hydrogen) atoms. The summed E-state index contributed by atoms with van der Waals surface area (Å²) in [6.45, 7) is 2.51. The molecule has 0 atom stereocenters. The van der Waals surface area contributed by atoms with E-state index in [0.29, 0.717) is 16.9 Å². The number of thiazole rings is 1. The second-order valence-electron chi connectivity index (χ2n) is 5.19. The second kappa shape index (κ2) is 7.71. The summed E-state index contributed by atoms with van der Waals surface area (Å²) >= 11 is 0.976. The molecule has 1 amide bonds. The number of esters is 1. The first-order chi connectivity index (χ1) is 11.8. The number of ether oxygens (including phenoxy) is 1. The van der Waals surface area contributed by atoms with Gasteiger partial charge in [0, 0.05) is 28.9 Å². The molecule has 0 aliphatic rings. The number of nitro groups is 1. The van der Waals surface area contributed by atoms with Crippen LogP contribution in [0.25, 0.3) is 0 Å². The van der Waals surface area contributed by atoms with E-state index in [9.17, 15) is 24.5 Å². The maximum atomic E-state index is 11.8. The minimum atomic E-state index is -0.709. The molecule has 0 fully saturated rings. The van der Waals surface area contributed by atoms with E-state index >= 15 is 0 Å². The van der Waals surface area contributed by atoms with Crippen LogP contribution >= 0.6 is 11.3 Å². The van der Waals surface area contributed by atoms with Crippen LogP contribution in [0, 0.1) is 24.0 Å². The van der Waals surface area contributed by atoms with Gasteiger partial charge in [-0.3, -0.25) is 29.1 Å². The number of hydrogen-bond donors (Lipinski definition) is 1. The van der Waals surface area contributed by atoms with Gasteiger partial charge in [-0.1, -0.05) is 11.3 Å². The highest BCUT2D eigenvalue weighted by molar-refractivity contribution is 7.07. The minimum absolute atomic E-state index is 0.0847. The van der Waals surface area contributed by atoms with Crippen molar-refractivity contribution in [2.45, 2.75) is 20.4 Å². The standard InChI is InChI=1S/C15H15N3O6S/c1-9-5-11(18(22)23)3-4-12(9)16-13(19)7-24-14(20)6-17-10(2)8-25-15(17)21/h3-5,8H,6-7H2,1-2H3,(H,16,19). The first-order valence-corrected chi connectivity index (χ1v) is 8.01. The van der Waals surface area contributed by atoms with Gasteiger partial charge >= 0.3 is 10.8 Å². The number of nitro benzene ring substituents is 1. The van der Waals surface area contributed by atoms with E-state index in [1.54, 1.807) is 19.2 Å². The van der Waals surface area contributed by atoms with Crippen LogP contribution in [-0.4, -0.2) is 28.0 Å². The Kier molecular flexibility index (Phi) is 5.65. The zero-order chi connectivity index (χ0) is 18.6. The molecule has 132 valence electrons. The highest BCUT2D eigenvalue weighted by atomic mass is 32.1. The molecule has 9 nitrogen and oxygen atoms in total. The van der Waals surface area contributed by atoms with Crippen molar-refractivity contribution < 1.29 is 19.2 Å². The molecule has 0 saturated heterocycles. The lowest BCUT2D eigenvalue weighted by atomic mass is 10.2. The topological polar surface area (TPSA) is 121 Å². The van der Waals surface area contributed by atoms with Gasteiger partial charge in [-0.15, -0.1) is 0 Å². The minimum Gasteiger partial charge on any atom is -0.454 e. The number of nitrogens with one attached hydrogen (secondary N) is 1. The molecule has 2 aromatic rings. The number of non-ortho nitro benzene ring substituents is 1. The number of aromatic nitrogens is 1. The van der Waals surface area contributed by atoms with Crippen LogP contribution in [0.3, 0.4) is 0 Å². The SMILES string of the molecule is Cc1cc([N+](=O)[O-])ccc1NC(=O)COC(=O)Cn1c(C)csc1=O. The van der Waals surface area contributed by atoms with E-state index in [2.05, 4.69) is 5.32 Å². The molecule has 0 unspecified atom stereocenters. The third-order valence-corrected chi connectivity index (χ3v) is 4.20. The van der Waals surface area contributed by atoms with Crippen LogP contribution in [0.15, 0.2) is 28.4 Å². The molecular weight excluding hydrogens is 350 g/mol. The van der Waals surface area contributed by atoms with Crippen LogP contribution in [0.4, 0.5) is 11.4 Å². The average Bonchev–Trinajstić information content (AvgIpc) is 2.86. The fourth-order valence-electron chi connectivity index (χ4n) is 2.00. The van der Waals surface area contributed by atoms with E-state index in [1.807, 2.05) is 0 Å². The summed E-state index contributed by atoms with van der Waals surface area (Å²) in [7, 11) is 0. The van der Waals surface area contributed by atoms with Gasteiger partial charge in [-0.05, 0) is 25.5 Å². The molecule has 1 N–H and O–H groups in total. The Morgan fingerprint density at radius 2 is 2.08 bits per heavy atom. The first-order valence-electron chi connectivity index (χ1n) is 7.13. The number of benzene rings is 1. The van der Waals surface area contributed by atoms with Gasteiger partial charge in [0.15, 0.2) is 6.61 Å². The monoisotopic (exact) mass is 365 g/mol. The second-order valence-corrected chi connectivity index (χ2v) is 6.01. The summed E-state index contributed by atoms with van der Waals surface area (Å²) in [5.74, 6) is -1.29. The van der Waals surface area contributed by atoms with Gasteiger partial charge in [0.05, 0.1) is 4.92 Å². The molecule has 0 spiro atoms. The average molecular weight is 365 g/mol. The Bertz CT molecular complexity index is 886. The molecule has 2 rings (SSSR count). The number of carbonyl (C=O) groups excluding carboxylic acids is 2. The molecule has 0 bridgehead atoms. The van der Waals surface area contributed by atoms with Crippen molar-refractivity contribution in [2.24, 2.45) is 0 Å². The van der Waals surface area contributed by atoms with E-state index in [4.69, 9.17) is 4.74 Å². The van der Waals surface area contributed by atoms with Gasteiger partial charge in [0.25, 0.3) is 11.6 Å². The molecule has 0 aliphatic carbocycles. The summed E-state index contributed by atoms with van der Waals surface area (Å²) in [5, 5.41) is 14.8. The zero-order valence-corrected chi connectivity index (χ0v) is 14.3. The van der Waals surface area contributed by atoms with Crippen molar-refractivity contribution in [2.75, 3.05) is 11.9 Å². The summed E-state index contributed by atoms with van der Waals surface area (Å²) in [4.78, 5) is 44.9. The summed E-state index contributed by atoms with van der Waals surface area (Å²) < 4.78 is 6.10. The largest absolute Gasteiger partial charge is 0.454 e. The van der Waals surface area contributed by atoms with Crippen LogP contribution in [0.5, 0.6) is 0 Å². The smallest absolute Gasteiger partial charge is 0.326 e. The fourth-order valence-corrected chi connectivity index (χ4v) is 2.74. The summed E-state index contributed by atoms with van der Waals surface area (Å²) in [6, 6.07) is 4.00. The van der Waals surface area contributed by atoms with Gasteiger partial charge < -0.3 is 10.1 Å². The quantitative estimate of drug-likeness (QED) is 0.472. The van der Waals surface area contributed by atoms with Crippen molar-refractivity contribution in [3.05, 3.63) is 54.6 Å². The van der Waals surface area contributed by atoms with Crippen molar-refractivity contribution in [1.82, 2.24) is 4.57 Å². The maximum Gasteiger partial charge on any atom is 0.326 e. The third-order valence-electron chi connectivity index (χ3n) is 3.32. The Morgan fingerprint density at radius 3 is 2.64 bits per heavy atom. The van der Waals surface area contributed by atoms with Gasteiger partial charge in [0.2, 0.25) is 0 Å². The maximum absolute atomic E-state index is 11.8. The first kappa shape index (κ1) is 18.3. The van der Waals surface area contributed by atoms with Gasteiger partial charge in [-0.25, -0.2) is 0 Å². The number of nitrogens with zero attached hydrogens (tertiary/aromatic N) is 2. The lowest BCUT2D eigenvalue weighted by molar-refractivity contribution is -0.384. The summed E-state index contributed by atoms with van der Waals surface area (Å²) in [5.41, 5.74) is 1.45. The normalized spacial score (nSPS) is 10.3. The van der Waals surface area contributed by atoms with Gasteiger partial charge in [0.1, 0.15) is 6.54 Å². The molecule has 1 aromatic heterocycles. The van der Waals surface area contributed by atoms with Crippen LogP contribution < -0.4 is 10.2 Å². The Morgan fingerprint density at radius 1 is 1.36 bits per heavy atom. The van der Waals surface area contributed by atoms with E-state index in [0.717, 1.165) is 11.3 Å². The number of amides is 1. The van der Waals surface area contributed by atoms with Crippen molar-refractivity contribution in [3.8, 4) is 0 Å². The Labute approximate surface area is 146 Å². The van der Waals surface area contributed by atoms with E-state index in [-0.39, 0.29) is 17.1 Å². The highest BCUT2D eigenvalue weighted by Gasteiger charge is 2.13. The predicted molar refractivity (Wildman–Crippen MR) is 90.7 cm³/mol. The zero-order valence-electron chi connectivity index (χ0n) is 13.5. The number of aryl methyl sites for hydroxylation is 2. The number of rotatable bonds is 6. The number of hydrogen-bond acceptors (Lipinski definition) is 7. The number of anilines is 1. The molecule has 0 radical (unpaired) electrons. The van der Waals surface area contributed by atoms with Gasteiger partial charge in [-0.2, -0.15) is 0 Å². The summed E-state index contributed by atoms with van der Waals surface area (Å²) in [6.07, 6.45) is 0. The van der Waals surface area contributed by atoms with Crippen LogP contribution in [0.1, 0.15) is 11.3 Å². The molecule has 0 aliphatic heterocycles. The van der Waals surface area contributed by atoms with Crippen molar-refractivity contribution in [3.63, 3.8) is 0 Å². The van der Waals surface area contributed by atoms with Crippen LogP contribution in [-0.2, 0) is 20.9 Å². The van der Waals surface area contributed by atoms with E-state index < -0.39 is 23.4 Å². The lowest BCUT2D eigenvalue weighted by Gasteiger charge is -2.09. The number of carbonyl (C=O) groups is 2. The molecular formula is C15H15N3O6S. The van der Waals surface area contributed by atoms with E-state index in [1.165, 1.54) is 22.8 Å².